The Kier molecular flexibility index (Phi) is 6.77. The first-order chi connectivity index (χ1) is 14.3. The second kappa shape index (κ2) is 9.30. The van der Waals surface area contributed by atoms with Crippen molar-refractivity contribution in [2.75, 3.05) is 25.5 Å². The Morgan fingerprint density at radius 2 is 1.80 bits per heavy atom. The molecule has 0 aliphatic carbocycles. The predicted octanol–water partition coefficient (Wildman–Crippen LogP) is 4.15. The van der Waals surface area contributed by atoms with Crippen LogP contribution in [0.1, 0.15) is 24.8 Å². The topological polar surface area (TPSA) is 70.7 Å². The maximum Gasteiger partial charge on any atom is 0.319 e. The highest BCUT2D eigenvalue weighted by atomic mass is 35.5. The summed E-state index contributed by atoms with van der Waals surface area (Å²) < 4.78 is 34.3. The van der Waals surface area contributed by atoms with Gasteiger partial charge in [-0.15, -0.1) is 0 Å². The third kappa shape index (κ3) is 4.99. The van der Waals surface area contributed by atoms with E-state index in [4.69, 9.17) is 16.3 Å². The number of carbonyl (C=O) groups excluding carboxylic acids is 2. The minimum Gasteiger partial charge on any atom is -0.497 e. The minimum absolute atomic E-state index is 0.0694. The van der Waals surface area contributed by atoms with Gasteiger partial charge in [-0.2, -0.15) is 0 Å². The van der Waals surface area contributed by atoms with Crippen LogP contribution >= 0.6 is 11.6 Å². The fourth-order valence-electron chi connectivity index (χ4n) is 3.63. The summed E-state index contributed by atoms with van der Waals surface area (Å²) in [4.78, 5) is 25.9. The lowest BCUT2D eigenvalue weighted by Crippen LogP contribution is -2.53. The molecule has 1 aliphatic rings. The normalized spacial score (nSPS) is 18.6. The molecule has 1 heterocycles. The van der Waals surface area contributed by atoms with E-state index in [2.05, 4.69) is 10.6 Å². The van der Waals surface area contributed by atoms with Crippen molar-refractivity contribution in [3.05, 3.63) is 58.6 Å². The van der Waals surface area contributed by atoms with Crippen LogP contribution < -0.4 is 15.4 Å². The molecule has 1 aliphatic heterocycles. The Morgan fingerprint density at radius 1 is 1.17 bits per heavy atom. The lowest BCUT2D eigenvalue weighted by molar-refractivity contribution is -0.130. The van der Waals surface area contributed by atoms with E-state index >= 15 is 0 Å². The van der Waals surface area contributed by atoms with Crippen molar-refractivity contribution in [1.29, 1.82) is 0 Å². The molecule has 6 nitrogen and oxygen atoms in total. The molecule has 9 heteroatoms. The third-order valence-corrected chi connectivity index (χ3v) is 5.39. The summed E-state index contributed by atoms with van der Waals surface area (Å²) in [5.41, 5.74) is 0.380. The monoisotopic (exact) mass is 437 g/mol. The van der Waals surface area contributed by atoms with Gasteiger partial charge in [-0.05, 0) is 30.7 Å². The largest absolute Gasteiger partial charge is 0.497 e. The Bertz CT molecular complexity index is 917. The van der Waals surface area contributed by atoms with Crippen LogP contribution in [0.3, 0.4) is 0 Å². The highest BCUT2D eigenvalue weighted by molar-refractivity contribution is 6.30. The Morgan fingerprint density at radius 3 is 2.37 bits per heavy atom. The number of piperidine rings is 1. The molecule has 3 rings (SSSR count). The summed E-state index contributed by atoms with van der Waals surface area (Å²) in [5.74, 6) is -2.26. The van der Waals surface area contributed by atoms with Crippen LogP contribution in [0.4, 0.5) is 19.3 Å². The second-order valence-electron chi connectivity index (χ2n) is 7.08. The van der Waals surface area contributed by atoms with Gasteiger partial charge in [0.2, 0.25) is 5.91 Å². The summed E-state index contributed by atoms with van der Waals surface area (Å²) in [6.07, 6.45) is 0.297. The maximum absolute atomic E-state index is 14.7. The van der Waals surface area contributed by atoms with Gasteiger partial charge in [0.25, 0.3) is 0 Å². The van der Waals surface area contributed by atoms with Crippen LogP contribution in [0.2, 0.25) is 5.02 Å². The molecule has 3 amide bonds. The number of nitrogens with zero attached hydrogens (tertiary/aromatic N) is 1. The number of benzene rings is 2. The molecule has 30 heavy (non-hydrogen) atoms. The van der Waals surface area contributed by atoms with Gasteiger partial charge in [0.15, 0.2) is 0 Å². The van der Waals surface area contributed by atoms with Gasteiger partial charge < -0.3 is 20.3 Å². The summed E-state index contributed by atoms with van der Waals surface area (Å²) in [6, 6.07) is 7.50. The number of halogens is 3. The van der Waals surface area contributed by atoms with Crippen molar-refractivity contribution >= 4 is 29.2 Å². The van der Waals surface area contributed by atoms with E-state index in [1.807, 2.05) is 0 Å². The quantitative estimate of drug-likeness (QED) is 0.754. The number of nitrogens with one attached hydrogen (secondary N) is 2. The van der Waals surface area contributed by atoms with Gasteiger partial charge in [0.05, 0.1) is 13.2 Å². The van der Waals surface area contributed by atoms with E-state index in [9.17, 15) is 18.4 Å². The number of anilines is 1. The van der Waals surface area contributed by atoms with Crippen molar-refractivity contribution in [1.82, 2.24) is 10.2 Å². The lowest BCUT2D eigenvalue weighted by Gasteiger charge is -2.39. The minimum atomic E-state index is -0.752. The zero-order valence-electron chi connectivity index (χ0n) is 16.5. The molecule has 2 atom stereocenters. The summed E-state index contributed by atoms with van der Waals surface area (Å²) in [5, 5.41) is 5.94. The first-order valence-corrected chi connectivity index (χ1v) is 9.77. The molecule has 0 aromatic heterocycles. The number of likely N-dealkylation sites (tertiary alicyclic amines) is 1. The van der Waals surface area contributed by atoms with E-state index < -0.39 is 29.6 Å². The molecule has 1 saturated heterocycles. The van der Waals surface area contributed by atoms with Gasteiger partial charge in [0.1, 0.15) is 17.4 Å². The van der Waals surface area contributed by atoms with Crippen molar-refractivity contribution in [2.45, 2.75) is 25.3 Å². The molecule has 2 N–H and O–H groups in total. The van der Waals surface area contributed by atoms with E-state index in [1.165, 1.54) is 14.0 Å². The Balaban J connectivity index is 1.84. The van der Waals surface area contributed by atoms with Crippen LogP contribution in [-0.2, 0) is 4.79 Å². The highest BCUT2D eigenvalue weighted by Crippen LogP contribution is 2.34. The zero-order valence-corrected chi connectivity index (χ0v) is 17.3. The number of rotatable bonds is 4. The standard InChI is InChI=1S/C21H22ClF2N3O3/c1-12(28)27-8-7-16(20-17(23)9-15(30-2)10-18(20)24)19(11-27)26-21(29)25-14-5-3-13(22)4-6-14/h3-6,9-10,16,19H,7-8,11H2,1-2H3,(H2,25,26,29). The van der Waals surface area contributed by atoms with Gasteiger partial charge >= 0.3 is 6.03 Å². The molecule has 1 fully saturated rings. The molecule has 2 unspecified atom stereocenters. The molecule has 0 spiro atoms. The molecule has 0 radical (unpaired) electrons. The average Bonchev–Trinajstić information content (AvgIpc) is 2.70. The van der Waals surface area contributed by atoms with Crippen LogP contribution in [0, 0.1) is 11.6 Å². The van der Waals surface area contributed by atoms with Gasteiger partial charge in [0, 0.05) is 54.3 Å². The molecule has 0 saturated carbocycles. The van der Waals surface area contributed by atoms with Crippen molar-refractivity contribution in [2.24, 2.45) is 0 Å². The fourth-order valence-corrected chi connectivity index (χ4v) is 3.76. The van der Waals surface area contributed by atoms with Crippen molar-refractivity contribution < 1.29 is 23.1 Å². The van der Waals surface area contributed by atoms with Gasteiger partial charge in [-0.25, -0.2) is 13.6 Å². The van der Waals surface area contributed by atoms with Crippen LogP contribution in [0.15, 0.2) is 36.4 Å². The molecule has 0 bridgehead atoms. The fraction of sp³-hybridized carbons (Fsp3) is 0.333. The molecule has 2 aromatic rings. The smallest absolute Gasteiger partial charge is 0.319 e. The summed E-state index contributed by atoms with van der Waals surface area (Å²) >= 11 is 5.84. The number of hydrogen-bond acceptors (Lipinski definition) is 3. The third-order valence-electron chi connectivity index (χ3n) is 5.14. The van der Waals surface area contributed by atoms with E-state index in [1.54, 1.807) is 29.2 Å². The van der Waals surface area contributed by atoms with Crippen LogP contribution in [-0.4, -0.2) is 43.1 Å². The number of carbonyl (C=O) groups is 2. The Labute approximate surface area is 178 Å². The molecule has 2 aromatic carbocycles. The van der Waals surface area contributed by atoms with Crippen molar-refractivity contribution in [3.8, 4) is 5.75 Å². The first-order valence-electron chi connectivity index (χ1n) is 9.40. The number of ether oxygens (including phenoxy) is 1. The SMILES string of the molecule is COc1cc(F)c(C2CCN(C(C)=O)CC2NC(=O)Nc2ccc(Cl)cc2)c(F)c1. The first kappa shape index (κ1) is 21.8. The maximum atomic E-state index is 14.7. The zero-order chi connectivity index (χ0) is 21.8. The number of urea groups is 1. The lowest BCUT2D eigenvalue weighted by atomic mass is 9.84. The molecule has 160 valence electrons. The van der Waals surface area contributed by atoms with E-state index in [0.717, 1.165) is 12.1 Å². The van der Waals surface area contributed by atoms with Crippen LogP contribution in [0.5, 0.6) is 5.75 Å². The Hall–Kier alpha value is -2.87. The van der Waals surface area contributed by atoms with Gasteiger partial charge in [-0.1, -0.05) is 11.6 Å². The van der Waals surface area contributed by atoms with Crippen molar-refractivity contribution in [3.63, 3.8) is 0 Å². The second-order valence-corrected chi connectivity index (χ2v) is 7.51. The summed E-state index contributed by atoms with van der Waals surface area (Å²) in [6.45, 7) is 1.89. The van der Waals surface area contributed by atoms with Gasteiger partial charge in [-0.3, -0.25) is 4.79 Å². The average molecular weight is 438 g/mol. The molecular weight excluding hydrogens is 416 g/mol. The molecular formula is C21H22ClF2N3O3. The number of hydrogen-bond donors (Lipinski definition) is 2. The summed E-state index contributed by atoms with van der Waals surface area (Å²) in [7, 11) is 1.32. The van der Waals surface area contributed by atoms with E-state index in [0.29, 0.717) is 23.7 Å². The number of amides is 3. The van der Waals surface area contributed by atoms with E-state index in [-0.39, 0.29) is 23.8 Å². The predicted molar refractivity (Wildman–Crippen MR) is 110 cm³/mol. The van der Waals surface area contributed by atoms with Crippen LogP contribution in [0.25, 0.3) is 0 Å². The highest BCUT2D eigenvalue weighted by Gasteiger charge is 2.36. The number of methoxy groups -OCH3 is 1.